The lowest BCUT2D eigenvalue weighted by Gasteiger charge is -2.12. The van der Waals surface area contributed by atoms with E-state index in [4.69, 9.17) is 0 Å². The number of aryl methyl sites for hydroxylation is 1. The van der Waals surface area contributed by atoms with Gasteiger partial charge in [-0.2, -0.15) is 0 Å². The molecule has 0 aliphatic carbocycles. The average Bonchev–Trinajstić information content (AvgIpc) is 2.77. The smallest absolute Gasteiger partial charge is 0.0986 e. The van der Waals surface area contributed by atoms with E-state index < -0.39 is 0 Å². The van der Waals surface area contributed by atoms with Crippen molar-refractivity contribution in [2.45, 2.75) is 78.2 Å². The Hall–Kier alpha value is -1.31. The Kier molecular flexibility index (Phi) is 8.88. The first-order valence-electron chi connectivity index (χ1n) is 8.78. The van der Waals surface area contributed by atoms with Gasteiger partial charge in [-0.3, -0.25) is 0 Å². The number of hydrogen-bond acceptors (Lipinski definition) is 0. The van der Waals surface area contributed by atoms with Gasteiger partial charge in [0.25, 0.3) is 0 Å². The molecule has 0 aliphatic heterocycles. The third-order valence-electron chi connectivity index (χ3n) is 4.14. The van der Waals surface area contributed by atoms with E-state index in [1.165, 1.54) is 49.8 Å². The van der Waals surface area contributed by atoms with E-state index in [9.17, 15) is 4.39 Å². The van der Waals surface area contributed by atoms with E-state index >= 15 is 0 Å². The Bertz CT molecular complexity index is 470. The molecule has 0 aromatic carbocycles. The van der Waals surface area contributed by atoms with Crippen molar-refractivity contribution in [3.8, 4) is 0 Å². The van der Waals surface area contributed by atoms with Crippen molar-refractivity contribution in [1.82, 2.24) is 4.57 Å². The lowest BCUT2D eigenvalue weighted by Crippen LogP contribution is -2.07. The van der Waals surface area contributed by atoms with Crippen LogP contribution in [0.15, 0.2) is 31.1 Å². The first kappa shape index (κ1) is 18.7. The van der Waals surface area contributed by atoms with Gasteiger partial charge in [0.15, 0.2) is 0 Å². The van der Waals surface area contributed by atoms with Crippen molar-refractivity contribution in [3.63, 3.8) is 0 Å². The summed E-state index contributed by atoms with van der Waals surface area (Å²) in [5.74, 6) is -0.261. The van der Waals surface area contributed by atoms with Gasteiger partial charge in [0, 0.05) is 24.4 Å². The molecule has 0 aliphatic rings. The minimum absolute atomic E-state index is 0.261. The molecule has 1 nitrogen and oxygen atoms in total. The van der Waals surface area contributed by atoms with Crippen LogP contribution in [0.25, 0.3) is 0 Å². The molecule has 124 valence electrons. The van der Waals surface area contributed by atoms with Crippen molar-refractivity contribution >= 4 is 0 Å². The second-order valence-electron chi connectivity index (χ2n) is 6.12. The first-order valence-corrected chi connectivity index (χ1v) is 8.78. The van der Waals surface area contributed by atoms with E-state index in [0.717, 1.165) is 25.1 Å². The predicted octanol–water partition coefficient (Wildman–Crippen LogP) is 6.17. The molecule has 1 aromatic rings. The maximum absolute atomic E-state index is 13.3. The van der Waals surface area contributed by atoms with Gasteiger partial charge in [-0.05, 0) is 37.3 Å². The zero-order valence-electron chi connectivity index (χ0n) is 14.5. The summed E-state index contributed by atoms with van der Waals surface area (Å²) in [6.07, 6.45) is 11.8. The maximum atomic E-state index is 13.3. The highest BCUT2D eigenvalue weighted by atomic mass is 19.1. The van der Waals surface area contributed by atoms with Crippen LogP contribution in [0.1, 0.15) is 69.3 Å². The first-order chi connectivity index (χ1) is 10.6. The Morgan fingerprint density at radius 3 is 2.32 bits per heavy atom. The third-order valence-corrected chi connectivity index (χ3v) is 4.14. The summed E-state index contributed by atoms with van der Waals surface area (Å²) in [6.45, 7) is 12.5. The number of allylic oxidation sites excluding steroid dienone is 2. The topological polar surface area (TPSA) is 4.93 Å². The normalized spacial score (nSPS) is 10.9. The molecule has 1 rings (SSSR count). The van der Waals surface area contributed by atoms with Gasteiger partial charge in [0.05, 0.1) is 5.83 Å². The van der Waals surface area contributed by atoms with E-state index in [1.54, 1.807) is 0 Å². The Morgan fingerprint density at radius 2 is 1.77 bits per heavy atom. The lowest BCUT2D eigenvalue weighted by molar-refractivity contribution is 0.593. The fourth-order valence-corrected chi connectivity index (χ4v) is 3.03. The maximum Gasteiger partial charge on any atom is 0.0986 e. The van der Waals surface area contributed by atoms with Crippen molar-refractivity contribution in [2.24, 2.45) is 0 Å². The molecule has 0 amide bonds. The number of unbranched alkanes of at least 4 members (excludes halogenated alkanes) is 4. The fourth-order valence-electron chi connectivity index (χ4n) is 3.03. The molecule has 0 saturated heterocycles. The SMILES string of the molecule is C=CCn1c(CC(=C)F)cc(CCCCC)c1CCCCC. The Labute approximate surface area is 135 Å². The molecule has 22 heavy (non-hydrogen) atoms. The number of hydrogen-bond donors (Lipinski definition) is 0. The fraction of sp³-hybridized carbons (Fsp3) is 0.600. The van der Waals surface area contributed by atoms with Gasteiger partial charge in [-0.25, -0.2) is 4.39 Å². The van der Waals surface area contributed by atoms with Crippen LogP contribution in [0.2, 0.25) is 0 Å². The molecule has 0 N–H and O–H groups in total. The van der Waals surface area contributed by atoms with Crippen LogP contribution in [-0.2, 0) is 25.8 Å². The summed E-state index contributed by atoms with van der Waals surface area (Å²) >= 11 is 0. The van der Waals surface area contributed by atoms with Crippen LogP contribution < -0.4 is 0 Å². The van der Waals surface area contributed by atoms with Crippen molar-refractivity contribution in [2.75, 3.05) is 0 Å². The van der Waals surface area contributed by atoms with E-state index in [-0.39, 0.29) is 5.83 Å². The molecular weight excluding hydrogens is 273 g/mol. The molecule has 0 unspecified atom stereocenters. The summed E-state index contributed by atoms with van der Waals surface area (Å²) in [5, 5.41) is 0. The van der Waals surface area contributed by atoms with Crippen LogP contribution >= 0.6 is 0 Å². The van der Waals surface area contributed by atoms with E-state index in [0.29, 0.717) is 6.42 Å². The molecule has 0 saturated carbocycles. The molecule has 0 radical (unpaired) electrons. The largest absolute Gasteiger partial charge is 0.344 e. The molecule has 0 fully saturated rings. The van der Waals surface area contributed by atoms with Crippen LogP contribution in [-0.4, -0.2) is 4.57 Å². The van der Waals surface area contributed by atoms with Crippen LogP contribution in [0.4, 0.5) is 4.39 Å². The summed E-state index contributed by atoms with van der Waals surface area (Å²) in [7, 11) is 0. The summed E-state index contributed by atoms with van der Waals surface area (Å²) in [4.78, 5) is 0. The van der Waals surface area contributed by atoms with Crippen LogP contribution in [0.3, 0.4) is 0 Å². The highest BCUT2D eigenvalue weighted by molar-refractivity contribution is 5.31. The highest BCUT2D eigenvalue weighted by Gasteiger charge is 2.14. The second-order valence-corrected chi connectivity index (χ2v) is 6.12. The quantitative estimate of drug-likeness (QED) is 0.322. The van der Waals surface area contributed by atoms with Crippen LogP contribution in [0, 0.1) is 0 Å². The van der Waals surface area contributed by atoms with Crippen LogP contribution in [0.5, 0.6) is 0 Å². The summed E-state index contributed by atoms with van der Waals surface area (Å²) < 4.78 is 15.6. The molecule has 0 spiro atoms. The molecule has 2 heteroatoms. The van der Waals surface area contributed by atoms with Gasteiger partial charge in [0.1, 0.15) is 0 Å². The molecule has 1 heterocycles. The standard InChI is InChI=1S/C20H32FN/c1-5-8-10-12-18-16-19(15-17(4)21)22(14-7-3)20(18)13-11-9-6-2/h7,16H,3-6,8-15H2,1-2H3. The van der Waals surface area contributed by atoms with E-state index in [1.807, 2.05) is 6.08 Å². The minimum Gasteiger partial charge on any atom is -0.344 e. The third kappa shape index (κ3) is 5.82. The lowest BCUT2D eigenvalue weighted by atomic mass is 10.0. The van der Waals surface area contributed by atoms with Gasteiger partial charge >= 0.3 is 0 Å². The minimum atomic E-state index is -0.261. The van der Waals surface area contributed by atoms with Crippen molar-refractivity contribution < 1.29 is 4.39 Å². The molecule has 0 atom stereocenters. The van der Waals surface area contributed by atoms with Crippen molar-refractivity contribution in [1.29, 1.82) is 0 Å². The predicted molar refractivity (Wildman–Crippen MR) is 95.0 cm³/mol. The number of nitrogens with zero attached hydrogens (tertiary/aromatic N) is 1. The monoisotopic (exact) mass is 305 g/mol. The van der Waals surface area contributed by atoms with Gasteiger partial charge in [0.2, 0.25) is 0 Å². The zero-order valence-corrected chi connectivity index (χ0v) is 14.5. The Morgan fingerprint density at radius 1 is 1.14 bits per heavy atom. The number of halogens is 1. The molecule has 0 bridgehead atoms. The van der Waals surface area contributed by atoms with Gasteiger partial charge in [-0.15, -0.1) is 6.58 Å². The number of aromatic nitrogens is 1. The Balaban J connectivity index is 3.02. The molecular formula is C20H32FN. The zero-order chi connectivity index (χ0) is 16.4. The second kappa shape index (κ2) is 10.4. The van der Waals surface area contributed by atoms with Crippen molar-refractivity contribution in [3.05, 3.63) is 48.1 Å². The summed E-state index contributed by atoms with van der Waals surface area (Å²) in [5.41, 5.74) is 3.84. The van der Waals surface area contributed by atoms with E-state index in [2.05, 4.69) is 37.6 Å². The molecule has 1 aromatic heterocycles. The number of rotatable bonds is 12. The summed E-state index contributed by atoms with van der Waals surface area (Å²) in [6, 6.07) is 2.20. The highest BCUT2D eigenvalue weighted by Crippen LogP contribution is 2.23. The van der Waals surface area contributed by atoms with Gasteiger partial charge in [-0.1, -0.05) is 52.2 Å². The van der Waals surface area contributed by atoms with Gasteiger partial charge < -0.3 is 4.57 Å². The average molecular weight is 305 g/mol.